The summed E-state index contributed by atoms with van der Waals surface area (Å²) in [7, 11) is 0. The third-order valence-electron chi connectivity index (χ3n) is 7.10. The maximum atomic E-state index is 13.1. The highest BCUT2D eigenvalue weighted by Crippen LogP contribution is 2.51. The van der Waals surface area contributed by atoms with Gasteiger partial charge in [0, 0.05) is 54.9 Å². The Hall–Kier alpha value is -3.20. The zero-order valence-electron chi connectivity index (χ0n) is 23.0. The lowest BCUT2D eigenvalue weighted by molar-refractivity contribution is -0.124. The number of halogens is 1. The van der Waals surface area contributed by atoms with Gasteiger partial charge in [-0.3, -0.25) is 9.59 Å². The molecule has 206 valence electrons. The molecule has 2 amide bonds. The summed E-state index contributed by atoms with van der Waals surface area (Å²) in [5.74, 6) is -0.516. The van der Waals surface area contributed by atoms with Crippen LogP contribution in [0.5, 0.6) is 11.5 Å². The van der Waals surface area contributed by atoms with Gasteiger partial charge in [-0.15, -0.1) is 0 Å². The van der Waals surface area contributed by atoms with E-state index >= 15 is 0 Å². The molecule has 0 unspecified atom stereocenters. The van der Waals surface area contributed by atoms with E-state index in [4.69, 9.17) is 25.8 Å². The summed E-state index contributed by atoms with van der Waals surface area (Å²) in [5, 5.41) is 3.10. The normalized spacial score (nSPS) is 19.4. The molecule has 1 saturated heterocycles. The average molecular weight is 546 g/mol. The standard InChI is InChI=1S/C28H36ClN3O6/c1-15-12-16(2)31-25(34)20(15)14-30-24(33)19-13-21(29)23-22(17(19)3)36-28(7,37-23)18-8-10-32(11-9-18)26(35)38-27(4,5)6/h12-13,18H,8-11,14H2,1-7H3,(H,30,33)(H,31,34)/t28-/m1/s1. The molecule has 0 spiro atoms. The van der Waals surface area contributed by atoms with Crippen LogP contribution in [0.3, 0.4) is 0 Å². The van der Waals surface area contributed by atoms with Crippen LogP contribution in [0.25, 0.3) is 0 Å². The number of hydrogen-bond donors (Lipinski definition) is 2. The highest BCUT2D eigenvalue weighted by Gasteiger charge is 2.47. The molecule has 0 bridgehead atoms. The maximum Gasteiger partial charge on any atom is 0.410 e. The largest absolute Gasteiger partial charge is 0.448 e. The number of carbonyl (C=O) groups is 2. The van der Waals surface area contributed by atoms with Crippen molar-refractivity contribution in [1.82, 2.24) is 15.2 Å². The van der Waals surface area contributed by atoms with Crippen LogP contribution >= 0.6 is 11.6 Å². The first kappa shape index (κ1) is 27.8. The minimum absolute atomic E-state index is 0.00225. The van der Waals surface area contributed by atoms with Gasteiger partial charge in [0.25, 0.3) is 17.3 Å². The summed E-state index contributed by atoms with van der Waals surface area (Å²) in [5.41, 5.74) is 2.25. The van der Waals surface area contributed by atoms with Crippen LogP contribution in [0, 0.1) is 26.7 Å². The van der Waals surface area contributed by atoms with Gasteiger partial charge >= 0.3 is 6.09 Å². The predicted octanol–water partition coefficient (Wildman–Crippen LogP) is 5.02. The van der Waals surface area contributed by atoms with Crippen LogP contribution in [0.15, 0.2) is 16.9 Å². The van der Waals surface area contributed by atoms with Crippen molar-refractivity contribution in [3.8, 4) is 11.5 Å². The van der Waals surface area contributed by atoms with E-state index in [1.165, 1.54) is 0 Å². The summed E-state index contributed by atoms with van der Waals surface area (Å²) in [4.78, 5) is 42.4. The van der Waals surface area contributed by atoms with Gasteiger partial charge in [-0.05, 0) is 72.1 Å². The molecule has 1 aromatic heterocycles. The number of fused-ring (bicyclic) bond motifs is 1. The van der Waals surface area contributed by atoms with Gasteiger partial charge in [0.2, 0.25) is 0 Å². The van der Waals surface area contributed by atoms with Gasteiger partial charge in [0.05, 0.1) is 5.02 Å². The van der Waals surface area contributed by atoms with Crippen LogP contribution in [0.2, 0.25) is 5.02 Å². The number of nitrogens with zero attached hydrogens (tertiary/aromatic N) is 1. The number of aromatic amines is 1. The molecule has 9 nitrogen and oxygen atoms in total. The SMILES string of the molecule is Cc1cc(C)c(CNC(=O)c2cc(Cl)c3c(c2C)O[C@@](C)(C2CCN(C(=O)OC(C)(C)C)CC2)O3)c(=O)[nH]1. The van der Waals surface area contributed by atoms with Gasteiger partial charge in [0.1, 0.15) is 5.60 Å². The average Bonchev–Trinajstić information content (AvgIpc) is 3.19. The molecule has 2 aliphatic rings. The summed E-state index contributed by atoms with van der Waals surface area (Å²) >= 11 is 6.56. The van der Waals surface area contributed by atoms with Crippen LogP contribution in [-0.4, -0.2) is 46.4 Å². The van der Waals surface area contributed by atoms with Gasteiger partial charge in [0.15, 0.2) is 11.5 Å². The summed E-state index contributed by atoms with van der Waals surface area (Å²) in [6, 6.07) is 3.43. The second kappa shape index (κ2) is 10.2. The third kappa shape index (κ3) is 5.62. The maximum absolute atomic E-state index is 13.1. The lowest BCUT2D eigenvalue weighted by atomic mass is 9.89. The number of likely N-dealkylation sites (tertiary alicyclic amines) is 1. The van der Waals surface area contributed by atoms with Crippen molar-refractivity contribution in [2.45, 2.75) is 79.2 Å². The van der Waals surface area contributed by atoms with E-state index in [1.807, 2.05) is 47.6 Å². The molecule has 1 fully saturated rings. The number of hydrogen-bond acceptors (Lipinski definition) is 6. The molecule has 1 atom stereocenters. The van der Waals surface area contributed by atoms with E-state index in [0.29, 0.717) is 54.1 Å². The molecule has 0 radical (unpaired) electrons. The molecule has 1 aromatic carbocycles. The number of H-pyrrole nitrogens is 1. The Balaban J connectivity index is 1.46. The lowest BCUT2D eigenvalue weighted by Crippen LogP contribution is -2.50. The van der Waals surface area contributed by atoms with E-state index < -0.39 is 11.4 Å². The molecule has 10 heteroatoms. The molecule has 38 heavy (non-hydrogen) atoms. The fraction of sp³-hybridized carbons (Fsp3) is 0.536. The number of ether oxygens (including phenoxy) is 3. The highest BCUT2D eigenvalue weighted by atomic mass is 35.5. The predicted molar refractivity (Wildman–Crippen MR) is 144 cm³/mol. The van der Waals surface area contributed by atoms with Crippen LogP contribution in [0.4, 0.5) is 4.79 Å². The van der Waals surface area contributed by atoms with E-state index in [-0.39, 0.29) is 35.0 Å². The number of aryl methyl sites for hydroxylation is 2. The Kier molecular flexibility index (Phi) is 7.45. The number of benzene rings is 1. The molecular weight excluding hydrogens is 510 g/mol. The zero-order valence-corrected chi connectivity index (χ0v) is 23.8. The van der Waals surface area contributed by atoms with Gasteiger partial charge in [-0.2, -0.15) is 0 Å². The van der Waals surface area contributed by atoms with Gasteiger partial charge in [-0.1, -0.05) is 11.6 Å². The van der Waals surface area contributed by atoms with E-state index in [9.17, 15) is 14.4 Å². The minimum Gasteiger partial charge on any atom is -0.448 e. The lowest BCUT2D eigenvalue weighted by Gasteiger charge is -2.39. The first-order valence-corrected chi connectivity index (χ1v) is 13.2. The van der Waals surface area contributed by atoms with Crippen molar-refractivity contribution >= 4 is 23.6 Å². The number of aromatic nitrogens is 1. The zero-order chi connectivity index (χ0) is 28.0. The monoisotopic (exact) mass is 545 g/mol. The first-order chi connectivity index (χ1) is 17.7. The molecule has 0 aliphatic carbocycles. The smallest absolute Gasteiger partial charge is 0.410 e. The number of pyridine rings is 1. The van der Waals surface area contributed by atoms with Crippen molar-refractivity contribution in [2.24, 2.45) is 5.92 Å². The summed E-state index contributed by atoms with van der Waals surface area (Å²) in [6.07, 6.45) is 1.01. The Morgan fingerprint density at radius 1 is 1.16 bits per heavy atom. The molecule has 2 aliphatic heterocycles. The number of carbonyl (C=O) groups excluding carboxylic acids is 2. The number of rotatable bonds is 4. The van der Waals surface area contributed by atoms with E-state index in [2.05, 4.69) is 10.3 Å². The molecule has 0 saturated carbocycles. The van der Waals surface area contributed by atoms with Crippen molar-refractivity contribution in [3.63, 3.8) is 0 Å². The third-order valence-corrected chi connectivity index (χ3v) is 7.38. The van der Waals surface area contributed by atoms with Crippen LogP contribution in [0.1, 0.15) is 73.3 Å². The Bertz CT molecular complexity index is 1320. The van der Waals surface area contributed by atoms with Crippen molar-refractivity contribution in [2.75, 3.05) is 13.1 Å². The molecule has 3 heterocycles. The van der Waals surface area contributed by atoms with Crippen molar-refractivity contribution < 1.29 is 23.8 Å². The number of piperidine rings is 1. The highest BCUT2D eigenvalue weighted by molar-refractivity contribution is 6.33. The molecule has 4 rings (SSSR count). The Labute approximate surface area is 227 Å². The Morgan fingerprint density at radius 3 is 2.39 bits per heavy atom. The van der Waals surface area contributed by atoms with Gasteiger partial charge in [-0.25, -0.2) is 4.79 Å². The van der Waals surface area contributed by atoms with E-state index in [1.54, 1.807) is 17.9 Å². The van der Waals surface area contributed by atoms with Crippen LogP contribution < -0.4 is 20.3 Å². The quantitative estimate of drug-likeness (QED) is 0.558. The first-order valence-electron chi connectivity index (χ1n) is 12.8. The molecule has 2 aromatic rings. The van der Waals surface area contributed by atoms with Gasteiger partial charge < -0.3 is 29.4 Å². The van der Waals surface area contributed by atoms with Crippen LogP contribution in [-0.2, 0) is 11.3 Å². The second-order valence-electron chi connectivity index (χ2n) is 11.3. The molecular formula is C28H36ClN3O6. The van der Waals surface area contributed by atoms with E-state index in [0.717, 1.165) is 11.3 Å². The van der Waals surface area contributed by atoms with Crippen molar-refractivity contribution in [1.29, 1.82) is 0 Å². The topological polar surface area (TPSA) is 110 Å². The fourth-order valence-electron chi connectivity index (χ4n) is 5.03. The minimum atomic E-state index is -0.988. The number of amides is 2. The fourth-order valence-corrected chi connectivity index (χ4v) is 5.26. The Morgan fingerprint density at radius 2 is 1.79 bits per heavy atom. The van der Waals surface area contributed by atoms with Crippen molar-refractivity contribution in [3.05, 3.63) is 55.5 Å². The summed E-state index contributed by atoms with van der Waals surface area (Å²) < 4.78 is 18.1. The second-order valence-corrected chi connectivity index (χ2v) is 11.7. The number of nitrogens with one attached hydrogen (secondary N) is 2. The molecule has 2 N–H and O–H groups in total. The summed E-state index contributed by atoms with van der Waals surface area (Å²) in [6.45, 7) is 14.0.